The molecule has 184 valence electrons. The van der Waals surface area contributed by atoms with Gasteiger partial charge in [-0.05, 0) is 46.2 Å². The van der Waals surface area contributed by atoms with E-state index in [4.69, 9.17) is 0 Å². The molecular weight excluding hydrogens is 439 g/mol. The van der Waals surface area contributed by atoms with Crippen molar-refractivity contribution in [2.24, 2.45) is 0 Å². The van der Waals surface area contributed by atoms with Crippen molar-refractivity contribution in [2.45, 2.75) is 58.0 Å². The largest absolute Gasteiger partial charge is 0.357 e. The molecule has 35 heavy (non-hydrogen) atoms. The Morgan fingerprint density at radius 1 is 0.857 bits per heavy atom. The molecule has 5 heteroatoms. The lowest BCUT2D eigenvalue weighted by Gasteiger charge is -2.31. The molecule has 0 unspecified atom stereocenters. The zero-order valence-electron chi connectivity index (χ0n) is 21.1. The van der Waals surface area contributed by atoms with E-state index in [9.17, 15) is 14.0 Å². The lowest BCUT2D eigenvalue weighted by Crippen LogP contribution is -2.49. The number of benzene rings is 3. The first-order chi connectivity index (χ1) is 16.7. The van der Waals surface area contributed by atoms with E-state index in [1.807, 2.05) is 30.3 Å². The van der Waals surface area contributed by atoms with E-state index in [-0.39, 0.29) is 36.0 Å². The number of aryl methyl sites for hydroxylation is 1. The lowest BCUT2D eigenvalue weighted by molar-refractivity contribution is -0.141. The number of nitrogens with zero attached hydrogens (tertiary/aromatic N) is 1. The quantitative estimate of drug-likeness (QED) is 0.449. The van der Waals surface area contributed by atoms with Crippen LogP contribution in [0.15, 0.2) is 78.9 Å². The average molecular weight is 475 g/mol. The summed E-state index contributed by atoms with van der Waals surface area (Å²) in [6, 6.07) is 23.4. The van der Waals surface area contributed by atoms with Crippen molar-refractivity contribution in [3.63, 3.8) is 0 Å². The third kappa shape index (κ3) is 7.51. The number of likely N-dealkylation sites (N-methyl/N-ethyl adjacent to an activating group) is 1. The number of hydrogen-bond donors (Lipinski definition) is 1. The minimum atomic E-state index is -0.678. The topological polar surface area (TPSA) is 49.4 Å². The van der Waals surface area contributed by atoms with Crippen LogP contribution < -0.4 is 5.32 Å². The van der Waals surface area contributed by atoms with Crippen molar-refractivity contribution in [1.82, 2.24) is 10.2 Å². The number of amides is 2. The monoisotopic (exact) mass is 474 g/mol. The second-order valence-corrected chi connectivity index (χ2v) is 9.91. The second kappa shape index (κ2) is 11.8. The molecule has 0 spiro atoms. The molecule has 0 saturated carbocycles. The van der Waals surface area contributed by atoms with Gasteiger partial charge in [0.15, 0.2) is 0 Å². The smallest absolute Gasteiger partial charge is 0.242 e. The van der Waals surface area contributed by atoms with E-state index in [1.165, 1.54) is 17.7 Å². The molecule has 0 radical (unpaired) electrons. The summed E-state index contributed by atoms with van der Waals surface area (Å²) in [5, 5.41) is 2.72. The summed E-state index contributed by atoms with van der Waals surface area (Å²) in [5.41, 5.74) is 4.13. The van der Waals surface area contributed by atoms with Crippen molar-refractivity contribution < 1.29 is 14.0 Å². The van der Waals surface area contributed by atoms with Gasteiger partial charge in [0.25, 0.3) is 0 Å². The first-order valence-electron chi connectivity index (χ1n) is 12.1. The van der Waals surface area contributed by atoms with E-state index in [1.54, 1.807) is 24.1 Å². The molecule has 2 amide bonds. The van der Waals surface area contributed by atoms with Crippen molar-refractivity contribution in [3.8, 4) is 0 Å². The van der Waals surface area contributed by atoms with Gasteiger partial charge in [-0.15, -0.1) is 0 Å². The number of carbonyl (C=O) groups excluding carboxylic acids is 2. The summed E-state index contributed by atoms with van der Waals surface area (Å²) in [5.74, 6) is -0.671. The Balaban J connectivity index is 1.83. The van der Waals surface area contributed by atoms with Crippen LogP contribution in [-0.2, 0) is 34.4 Å². The molecule has 0 aliphatic rings. The Labute approximate surface area is 208 Å². The molecule has 0 saturated heterocycles. The SMILES string of the molecule is CNC(=O)[C@@H](Cc1ccccc1)N(Cc1ccc(F)cc1)C(=O)CCc1ccc(C(C)(C)C)cc1. The van der Waals surface area contributed by atoms with Crippen LogP contribution in [0, 0.1) is 5.82 Å². The first-order valence-corrected chi connectivity index (χ1v) is 12.1. The summed E-state index contributed by atoms with van der Waals surface area (Å²) in [4.78, 5) is 28.1. The number of halogens is 1. The van der Waals surface area contributed by atoms with Crippen LogP contribution in [0.25, 0.3) is 0 Å². The van der Waals surface area contributed by atoms with Gasteiger partial charge in [-0.2, -0.15) is 0 Å². The van der Waals surface area contributed by atoms with Crippen molar-refractivity contribution in [3.05, 3.63) is 107 Å². The highest BCUT2D eigenvalue weighted by atomic mass is 19.1. The molecule has 0 aromatic heterocycles. The summed E-state index contributed by atoms with van der Waals surface area (Å²) in [6.07, 6.45) is 1.25. The Bertz CT molecular complexity index is 1100. The molecule has 1 N–H and O–H groups in total. The summed E-state index contributed by atoms with van der Waals surface area (Å²) < 4.78 is 13.5. The molecule has 0 heterocycles. The highest BCUT2D eigenvalue weighted by molar-refractivity contribution is 5.88. The average Bonchev–Trinajstić information content (AvgIpc) is 2.85. The predicted octanol–water partition coefficient (Wildman–Crippen LogP) is 5.44. The van der Waals surface area contributed by atoms with Crippen LogP contribution in [0.2, 0.25) is 0 Å². The van der Waals surface area contributed by atoms with Crippen LogP contribution in [0.5, 0.6) is 0 Å². The van der Waals surface area contributed by atoms with E-state index in [0.29, 0.717) is 12.8 Å². The number of hydrogen-bond acceptors (Lipinski definition) is 2. The van der Waals surface area contributed by atoms with Gasteiger partial charge in [-0.3, -0.25) is 9.59 Å². The Morgan fingerprint density at radius 2 is 1.46 bits per heavy atom. The first kappa shape index (κ1) is 26.1. The minimum absolute atomic E-state index is 0.0679. The summed E-state index contributed by atoms with van der Waals surface area (Å²) in [6.45, 7) is 6.74. The van der Waals surface area contributed by atoms with Crippen LogP contribution in [0.4, 0.5) is 4.39 Å². The van der Waals surface area contributed by atoms with Crippen molar-refractivity contribution in [1.29, 1.82) is 0 Å². The van der Waals surface area contributed by atoms with Crippen molar-refractivity contribution in [2.75, 3.05) is 7.05 Å². The van der Waals surface area contributed by atoms with E-state index >= 15 is 0 Å². The summed E-state index contributed by atoms with van der Waals surface area (Å²) in [7, 11) is 1.58. The fourth-order valence-corrected chi connectivity index (χ4v) is 4.07. The molecule has 0 bridgehead atoms. The molecule has 3 aromatic carbocycles. The maximum absolute atomic E-state index is 13.5. The zero-order chi connectivity index (χ0) is 25.4. The molecule has 3 rings (SSSR count). The van der Waals surface area contributed by atoms with Gasteiger partial charge in [0.05, 0.1) is 0 Å². The normalized spacial score (nSPS) is 12.1. The molecule has 0 aliphatic carbocycles. The van der Waals surface area contributed by atoms with Crippen LogP contribution in [0.1, 0.15) is 49.4 Å². The Kier molecular flexibility index (Phi) is 8.80. The molecule has 1 atom stereocenters. The Hall–Kier alpha value is -3.47. The van der Waals surface area contributed by atoms with Crippen LogP contribution >= 0.6 is 0 Å². The number of nitrogens with one attached hydrogen (secondary N) is 1. The van der Waals surface area contributed by atoms with Crippen molar-refractivity contribution >= 4 is 11.8 Å². The summed E-state index contributed by atoms with van der Waals surface area (Å²) >= 11 is 0. The van der Waals surface area contributed by atoms with Gasteiger partial charge in [0.2, 0.25) is 11.8 Å². The van der Waals surface area contributed by atoms with E-state index in [0.717, 1.165) is 16.7 Å². The van der Waals surface area contributed by atoms with Crippen LogP contribution in [-0.4, -0.2) is 29.8 Å². The molecule has 0 aliphatic heterocycles. The predicted molar refractivity (Wildman–Crippen MR) is 138 cm³/mol. The third-order valence-electron chi connectivity index (χ3n) is 6.23. The Morgan fingerprint density at radius 3 is 2.03 bits per heavy atom. The molecule has 3 aromatic rings. The third-order valence-corrected chi connectivity index (χ3v) is 6.23. The second-order valence-electron chi connectivity index (χ2n) is 9.91. The maximum Gasteiger partial charge on any atom is 0.242 e. The lowest BCUT2D eigenvalue weighted by atomic mass is 9.86. The molecular formula is C30H35FN2O2. The van der Waals surface area contributed by atoms with E-state index in [2.05, 4.69) is 50.4 Å². The highest BCUT2D eigenvalue weighted by Crippen LogP contribution is 2.23. The number of rotatable bonds is 9. The van der Waals surface area contributed by atoms with Crippen LogP contribution in [0.3, 0.4) is 0 Å². The standard InChI is InChI=1S/C30H35FN2O2/c1-30(2,3)25-15-10-22(11-16-25)14-19-28(34)33(21-24-12-17-26(31)18-13-24)27(29(35)32-4)20-23-8-6-5-7-9-23/h5-13,15-18,27H,14,19-21H2,1-4H3,(H,32,35)/t27-/m1/s1. The van der Waals surface area contributed by atoms with Gasteiger partial charge in [-0.1, -0.05) is 87.5 Å². The van der Waals surface area contributed by atoms with Gasteiger partial charge >= 0.3 is 0 Å². The van der Waals surface area contributed by atoms with Gasteiger partial charge in [0, 0.05) is 26.4 Å². The molecule has 0 fully saturated rings. The highest BCUT2D eigenvalue weighted by Gasteiger charge is 2.29. The maximum atomic E-state index is 13.5. The molecule has 4 nitrogen and oxygen atoms in total. The number of carbonyl (C=O) groups is 2. The fraction of sp³-hybridized carbons (Fsp3) is 0.333. The minimum Gasteiger partial charge on any atom is -0.357 e. The fourth-order valence-electron chi connectivity index (χ4n) is 4.07. The van der Waals surface area contributed by atoms with Gasteiger partial charge in [0.1, 0.15) is 11.9 Å². The van der Waals surface area contributed by atoms with E-state index < -0.39 is 6.04 Å². The van der Waals surface area contributed by atoms with Gasteiger partial charge in [-0.25, -0.2) is 4.39 Å². The zero-order valence-corrected chi connectivity index (χ0v) is 21.1. The van der Waals surface area contributed by atoms with Gasteiger partial charge < -0.3 is 10.2 Å².